The van der Waals surface area contributed by atoms with Crippen LogP contribution < -0.4 is 11.1 Å². The second kappa shape index (κ2) is 7.18. The summed E-state index contributed by atoms with van der Waals surface area (Å²) >= 11 is 0. The normalized spacial score (nSPS) is 12.3. The van der Waals surface area contributed by atoms with Crippen molar-refractivity contribution < 1.29 is 26.3 Å². The summed E-state index contributed by atoms with van der Waals surface area (Å²) in [5, 5.41) is 2.76. The number of anilines is 3. The number of hydrogen-bond donors (Lipinski definition) is 2. The summed E-state index contributed by atoms with van der Waals surface area (Å²) in [5.74, 6) is 0.0637. The van der Waals surface area contributed by atoms with E-state index in [1.54, 1.807) is 12.1 Å². The van der Waals surface area contributed by atoms with E-state index in [0.717, 1.165) is 12.1 Å². The lowest BCUT2D eigenvalue weighted by atomic mass is 10.2. The predicted molar refractivity (Wildman–Crippen MR) is 103 cm³/mol. The maximum absolute atomic E-state index is 13.6. The SMILES string of the molecule is Nc1cc(Nc2ccc(C(F)(F)F)cc2)nc(-c2c(C(F)(F)F)nc3ccccn23)c1. The number of nitrogens with zero attached hydrogens (tertiary/aromatic N) is 3. The molecule has 5 nitrogen and oxygen atoms in total. The van der Waals surface area contributed by atoms with Crippen molar-refractivity contribution in [3.8, 4) is 11.4 Å². The minimum Gasteiger partial charge on any atom is -0.399 e. The molecule has 31 heavy (non-hydrogen) atoms. The fourth-order valence-corrected chi connectivity index (χ4v) is 3.07. The van der Waals surface area contributed by atoms with Crippen LogP contribution in [0.2, 0.25) is 0 Å². The van der Waals surface area contributed by atoms with Gasteiger partial charge in [0.2, 0.25) is 0 Å². The molecule has 0 fully saturated rings. The number of hydrogen-bond acceptors (Lipinski definition) is 4. The largest absolute Gasteiger partial charge is 0.435 e. The number of imidazole rings is 1. The van der Waals surface area contributed by atoms with Crippen LogP contribution in [0.5, 0.6) is 0 Å². The van der Waals surface area contributed by atoms with Crippen molar-refractivity contribution in [3.05, 3.63) is 72.1 Å². The zero-order chi connectivity index (χ0) is 22.4. The third kappa shape index (κ3) is 4.11. The van der Waals surface area contributed by atoms with Crippen LogP contribution in [0.1, 0.15) is 11.3 Å². The summed E-state index contributed by atoms with van der Waals surface area (Å²) in [6.45, 7) is 0. The molecule has 0 saturated carbocycles. The van der Waals surface area contributed by atoms with Gasteiger partial charge in [-0.05, 0) is 42.5 Å². The van der Waals surface area contributed by atoms with Gasteiger partial charge < -0.3 is 11.1 Å². The molecule has 0 aliphatic heterocycles. The molecule has 1 aromatic carbocycles. The quantitative estimate of drug-likeness (QED) is 0.400. The lowest BCUT2D eigenvalue weighted by molar-refractivity contribution is -0.140. The zero-order valence-corrected chi connectivity index (χ0v) is 15.5. The highest BCUT2D eigenvalue weighted by Crippen LogP contribution is 2.38. The number of fused-ring (bicyclic) bond motifs is 1. The number of halogens is 6. The summed E-state index contributed by atoms with van der Waals surface area (Å²) < 4.78 is 80.2. The Bertz CT molecular complexity index is 1240. The van der Waals surface area contributed by atoms with E-state index >= 15 is 0 Å². The van der Waals surface area contributed by atoms with E-state index in [0.29, 0.717) is 0 Å². The van der Waals surface area contributed by atoms with Crippen molar-refractivity contribution in [1.82, 2.24) is 14.4 Å². The van der Waals surface area contributed by atoms with E-state index in [9.17, 15) is 26.3 Å². The van der Waals surface area contributed by atoms with E-state index in [1.165, 1.54) is 40.9 Å². The van der Waals surface area contributed by atoms with E-state index in [2.05, 4.69) is 15.3 Å². The Morgan fingerprint density at radius 3 is 2.19 bits per heavy atom. The molecule has 0 amide bonds. The molecule has 3 heterocycles. The number of rotatable bonds is 3. The Hall–Kier alpha value is -3.76. The lowest BCUT2D eigenvalue weighted by Crippen LogP contribution is -2.09. The van der Waals surface area contributed by atoms with Gasteiger partial charge in [-0.1, -0.05) is 6.07 Å². The third-order valence-electron chi connectivity index (χ3n) is 4.37. The lowest BCUT2D eigenvalue weighted by Gasteiger charge is -2.12. The van der Waals surface area contributed by atoms with Crippen molar-refractivity contribution in [3.63, 3.8) is 0 Å². The maximum atomic E-state index is 13.6. The van der Waals surface area contributed by atoms with Gasteiger partial charge >= 0.3 is 12.4 Å². The van der Waals surface area contributed by atoms with Gasteiger partial charge in [0, 0.05) is 23.6 Å². The van der Waals surface area contributed by atoms with Gasteiger partial charge in [-0.25, -0.2) is 9.97 Å². The summed E-state index contributed by atoms with van der Waals surface area (Å²) in [7, 11) is 0. The fourth-order valence-electron chi connectivity index (χ4n) is 3.07. The van der Waals surface area contributed by atoms with Gasteiger partial charge in [-0.2, -0.15) is 26.3 Å². The van der Waals surface area contributed by atoms with Crippen LogP contribution in [0.25, 0.3) is 17.0 Å². The fraction of sp³-hybridized carbons (Fsp3) is 0.100. The highest BCUT2D eigenvalue weighted by molar-refractivity contribution is 5.71. The monoisotopic (exact) mass is 437 g/mol. The highest BCUT2D eigenvalue weighted by atomic mass is 19.4. The minimum absolute atomic E-state index is 0.0637. The van der Waals surface area contributed by atoms with Crippen LogP contribution in [0.4, 0.5) is 43.5 Å². The topological polar surface area (TPSA) is 68.2 Å². The molecule has 160 valence electrons. The Morgan fingerprint density at radius 2 is 1.55 bits per heavy atom. The average Bonchev–Trinajstić information content (AvgIpc) is 3.07. The first-order valence-electron chi connectivity index (χ1n) is 8.79. The van der Waals surface area contributed by atoms with Crippen molar-refractivity contribution in [1.29, 1.82) is 0 Å². The van der Waals surface area contributed by atoms with E-state index in [4.69, 9.17) is 5.73 Å². The summed E-state index contributed by atoms with van der Waals surface area (Å²) in [6.07, 6.45) is -7.81. The summed E-state index contributed by atoms with van der Waals surface area (Å²) in [6, 6.07) is 11.3. The molecule has 11 heteroatoms. The van der Waals surface area contributed by atoms with Crippen LogP contribution in [-0.2, 0) is 12.4 Å². The molecule has 0 aliphatic carbocycles. The third-order valence-corrected chi connectivity index (χ3v) is 4.37. The number of benzene rings is 1. The molecule has 4 rings (SSSR count). The number of pyridine rings is 2. The van der Waals surface area contributed by atoms with Crippen LogP contribution in [0, 0.1) is 0 Å². The smallest absolute Gasteiger partial charge is 0.399 e. The number of alkyl halides is 6. The molecule has 0 unspecified atom stereocenters. The Labute approximate surface area is 171 Å². The van der Waals surface area contributed by atoms with Gasteiger partial charge in [0.15, 0.2) is 5.69 Å². The number of aromatic nitrogens is 3. The van der Waals surface area contributed by atoms with Crippen molar-refractivity contribution >= 4 is 22.8 Å². The molecule has 0 aliphatic rings. The molecule has 3 N–H and O–H groups in total. The molecule has 0 radical (unpaired) electrons. The summed E-state index contributed by atoms with van der Waals surface area (Å²) in [4.78, 5) is 7.86. The maximum Gasteiger partial charge on any atom is 0.435 e. The van der Waals surface area contributed by atoms with E-state index in [1.807, 2.05) is 0 Å². The van der Waals surface area contributed by atoms with Gasteiger partial charge in [0.1, 0.15) is 17.2 Å². The zero-order valence-electron chi connectivity index (χ0n) is 15.5. The Kier molecular flexibility index (Phi) is 4.75. The molecular formula is C20H13F6N5. The Morgan fingerprint density at radius 1 is 0.839 bits per heavy atom. The predicted octanol–water partition coefficient (Wildman–Crippen LogP) is 5.76. The van der Waals surface area contributed by atoms with Gasteiger partial charge in [-0.3, -0.25) is 4.40 Å². The molecule has 0 saturated heterocycles. The first-order chi connectivity index (χ1) is 14.5. The van der Waals surface area contributed by atoms with E-state index < -0.39 is 23.6 Å². The molecule has 3 aromatic heterocycles. The van der Waals surface area contributed by atoms with Crippen LogP contribution in [0.15, 0.2) is 60.8 Å². The van der Waals surface area contributed by atoms with Gasteiger partial charge in [-0.15, -0.1) is 0 Å². The van der Waals surface area contributed by atoms with Gasteiger partial charge in [0.25, 0.3) is 0 Å². The second-order valence-corrected chi connectivity index (χ2v) is 6.61. The first kappa shape index (κ1) is 20.5. The summed E-state index contributed by atoms with van der Waals surface area (Å²) in [5.41, 5.74) is 3.95. The van der Waals surface area contributed by atoms with E-state index in [-0.39, 0.29) is 34.2 Å². The first-order valence-corrected chi connectivity index (χ1v) is 8.79. The van der Waals surface area contributed by atoms with Crippen LogP contribution in [-0.4, -0.2) is 14.4 Å². The highest BCUT2D eigenvalue weighted by Gasteiger charge is 2.38. The van der Waals surface area contributed by atoms with Crippen LogP contribution >= 0.6 is 0 Å². The van der Waals surface area contributed by atoms with Gasteiger partial charge in [0.05, 0.1) is 11.3 Å². The number of nitrogen functional groups attached to an aromatic ring is 1. The number of nitrogens with two attached hydrogens (primary N) is 1. The second-order valence-electron chi connectivity index (χ2n) is 6.61. The number of nitrogens with one attached hydrogen (secondary N) is 1. The molecule has 0 spiro atoms. The molecular weight excluding hydrogens is 424 g/mol. The molecule has 0 bridgehead atoms. The molecule has 0 atom stereocenters. The standard InChI is InChI=1S/C20H13F6N5/c21-19(22,23)11-4-6-13(7-5-11)28-15-10-12(27)9-14(29-15)17-18(20(24,25)26)30-16-3-1-2-8-31(16)17/h1-10H,(H3,27,28,29). The van der Waals surface area contributed by atoms with Crippen LogP contribution in [0.3, 0.4) is 0 Å². The van der Waals surface area contributed by atoms with Crippen molar-refractivity contribution in [2.75, 3.05) is 11.1 Å². The molecule has 4 aromatic rings. The van der Waals surface area contributed by atoms with Crippen molar-refractivity contribution in [2.45, 2.75) is 12.4 Å². The minimum atomic E-state index is -4.74. The average molecular weight is 437 g/mol. The van der Waals surface area contributed by atoms with Crippen molar-refractivity contribution in [2.24, 2.45) is 0 Å². The Balaban J connectivity index is 1.77.